The summed E-state index contributed by atoms with van der Waals surface area (Å²) in [5, 5.41) is 13.5. The fourth-order valence-electron chi connectivity index (χ4n) is 2.21. The first-order chi connectivity index (χ1) is 7.36. The lowest BCUT2D eigenvalue weighted by atomic mass is 9.96. The van der Waals surface area contributed by atoms with Gasteiger partial charge in [0, 0.05) is 6.04 Å². The minimum atomic E-state index is -0.318. The molecule has 0 spiro atoms. The van der Waals surface area contributed by atoms with E-state index in [0.717, 1.165) is 18.5 Å². The van der Waals surface area contributed by atoms with Crippen LogP contribution in [0.2, 0.25) is 0 Å². The molecular weight excluding hydrogens is 186 g/mol. The summed E-state index contributed by atoms with van der Waals surface area (Å²) in [4.78, 5) is 0. The van der Waals surface area contributed by atoms with Crippen molar-refractivity contribution >= 4 is 0 Å². The highest BCUT2D eigenvalue weighted by molar-refractivity contribution is 5.17. The molecule has 0 saturated carbocycles. The highest BCUT2D eigenvalue weighted by Gasteiger charge is 2.17. The molecule has 0 radical (unpaired) electrons. The number of aliphatic hydroxyl groups is 1. The quantitative estimate of drug-likeness (QED) is 0.793. The van der Waals surface area contributed by atoms with Crippen molar-refractivity contribution in [3.8, 4) is 0 Å². The second-order valence-corrected chi connectivity index (χ2v) is 4.31. The number of hydrogen-bond acceptors (Lipinski definition) is 2. The Labute approximate surface area is 91.3 Å². The van der Waals surface area contributed by atoms with E-state index in [4.69, 9.17) is 0 Å². The molecule has 1 fully saturated rings. The van der Waals surface area contributed by atoms with Gasteiger partial charge in [-0.2, -0.15) is 0 Å². The van der Waals surface area contributed by atoms with Crippen LogP contribution in [0.15, 0.2) is 30.3 Å². The summed E-state index contributed by atoms with van der Waals surface area (Å²) in [6, 6.07) is 10.4. The van der Waals surface area contributed by atoms with Gasteiger partial charge < -0.3 is 10.4 Å². The molecule has 1 aromatic carbocycles. The van der Waals surface area contributed by atoms with Gasteiger partial charge in [0.15, 0.2) is 0 Å². The molecule has 2 N–H and O–H groups in total. The van der Waals surface area contributed by atoms with E-state index < -0.39 is 0 Å². The highest BCUT2D eigenvalue weighted by atomic mass is 16.3. The van der Waals surface area contributed by atoms with Crippen LogP contribution in [0.25, 0.3) is 0 Å². The smallest absolute Gasteiger partial charge is 0.0804 e. The molecule has 0 aromatic heterocycles. The van der Waals surface area contributed by atoms with Crippen LogP contribution in [-0.2, 0) is 0 Å². The zero-order chi connectivity index (χ0) is 10.5. The normalized spacial score (nSPS) is 23.7. The Kier molecular flexibility index (Phi) is 3.75. The van der Waals surface area contributed by atoms with Crippen molar-refractivity contribution in [1.29, 1.82) is 0 Å². The van der Waals surface area contributed by atoms with Gasteiger partial charge in [0.1, 0.15) is 0 Å². The second kappa shape index (κ2) is 5.29. The molecule has 82 valence electrons. The SMILES string of the molecule is O[C@H](C[C@H]1CCCCN1)c1ccccc1. The summed E-state index contributed by atoms with van der Waals surface area (Å²) in [6.45, 7) is 1.10. The van der Waals surface area contributed by atoms with Gasteiger partial charge in [-0.1, -0.05) is 36.8 Å². The third-order valence-electron chi connectivity index (χ3n) is 3.10. The first kappa shape index (κ1) is 10.7. The Hall–Kier alpha value is -0.860. The molecule has 0 unspecified atom stereocenters. The summed E-state index contributed by atoms with van der Waals surface area (Å²) in [5.41, 5.74) is 1.03. The van der Waals surface area contributed by atoms with Gasteiger partial charge in [0.05, 0.1) is 6.10 Å². The Morgan fingerprint density at radius 3 is 2.73 bits per heavy atom. The average Bonchev–Trinajstić information content (AvgIpc) is 2.31. The number of piperidine rings is 1. The van der Waals surface area contributed by atoms with Gasteiger partial charge in [0.2, 0.25) is 0 Å². The van der Waals surface area contributed by atoms with Crippen molar-refractivity contribution in [3.63, 3.8) is 0 Å². The topological polar surface area (TPSA) is 32.3 Å². The average molecular weight is 205 g/mol. The molecule has 1 aromatic rings. The van der Waals surface area contributed by atoms with Crippen LogP contribution in [0, 0.1) is 0 Å². The Morgan fingerprint density at radius 1 is 1.27 bits per heavy atom. The zero-order valence-electron chi connectivity index (χ0n) is 9.02. The van der Waals surface area contributed by atoms with Crippen LogP contribution in [-0.4, -0.2) is 17.7 Å². The summed E-state index contributed by atoms with van der Waals surface area (Å²) >= 11 is 0. The molecule has 0 aliphatic carbocycles. The molecule has 2 rings (SSSR count). The molecule has 15 heavy (non-hydrogen) atoms. The van der Waals surface area contributed by atoms with E-state index in [9.17, 15) is 5.11 Å². The first-order valence-corrected chi connectivity index (χ1v) is 5.82. The van der Waals surface area contributed by atoms with Gasteiger partial charge in [-0.05, 0) is 31.4 Å². The van der Waals surface area contributed by atoms with Gasteiger partial charge in [0.25, 0.3) is 0 Å². The predicted molar refractivity (Wildman–Crippen MR) is 61.7 cm³/mol. The maximum absolute atomic E-state index is 10.0. The van der Waals surface area contributed by atoms with Crippen LogP contribution in [0.1, 0.15) is 37.4 Å². The van der Waals surface area contributed by atoms with Crippen LogP contribution in [0.3, 0.4) is 0 Å². The Morgan fingerprint density at radius 2 is 2.07 bits per heavy atom. The Balaban J connectivity index is 1.88. The zero-order valence-corrected chi connectivity index (χ0v) is 9.02. The minimum absolute atomic E-state index is 0.318. The molecule has 0 amide bonds. The van der Waals surface area contributed by atoms with Crippen molar-refractivity contribution < 1.29 is 5.11 Å². The second-order valence-electron chi connectivity index (χ2n) is 4.31. The number of rotatable bonds is 3. The number of aliphatic hydroxyl groups excluding tert-OH is 1. The highest BCUT2D eigenvalue weighted by Crippen LogP contribution is 2.21. The largest absolute Gasteiger partial charge is 0.388 e. The number of benzene rings is 1. The van der Waals surface area contributed by atoms with Crippen molar-refractivity contribution in [2.75, 3.05) is 6.54 Å². The molecule has 1 heterocycles. The monoisotopic (exact) mass is 205 g/mol. The van der Waals surface area contributed by atoms with Crippen molar-refractivity contribution in [3.05, 3.63) is 35.9 Å². The molecule has 1 saturated heterocycles. The summed E-state index contributed by atoms with van der Waals surface area (Å²) in [6.07, 6.45) is 4.28. The molecule has 1 aliphatic heterocycles. The third-order valence-corrected chi connectivity index (χ3v) is 3.10. The third kappa shape index (κ3) is 3.05. The van der Waals surface area contributed by atoms with E-state index in [1.807, 2.05) is 30.3 Å². The minimum Gasteiger partial charge on any atom is -0.388 e. The van der Waals surface area contributed by atoms with E-state index in [0.29, 0.717) is 6.04 Å². The first-order valence-electron chi connectivity index (χ1n) is 5.82. The van der Waals surface area contributed by atoms with E-state index >= 15 is 0 Å². The van der Waals surface area contributed by atoms with Gasteiger partial charge in [-0.25, -0.2) is 0 Å². The summed E-state index contributed by atoms with van der Waals surface area (Å²) in [5.74, 6) is 0. The van der Waals surface area contributed by atoms with Gasteiger partial charge >= 0.3 is 0 Å². The lowest BCUT2D eigenvalue weighted by molar-refractivity contribution is 0.144. The molecule has 1 aliphatic rings. The summed E-state index contributed by atoms with van der Waals surface area (Å²) < 4.78 is 0. The van der Waals surface area contributed by atoms with Crippen molar-refractivity contribution in [1.82, 2.24) is 5.32 Å². The number of nitrogens with one attached hydrogen (secondary N) is 1. The lowest BCUT2D eigenvalue weighted by Crippen LogP contribution is -2.35. The fraction of sp³-hybridized carbons (Fsp3) is 0.538. The maximum atomic E-state index is 10.0. The van der Waals surface area contributed by atoms with Crippen LogP contribution < -0.4 is 5.32 Å². The standard InChI is InChI=1S/C13H19NO/c15-13(11-6-2-1-3-7-11)10-12-8-4-5-9-14-12/h1-3,6-7,12-15H,4-5,8-10H2/t12-,13-/m1/s1. The van der Waals surface area contributed by atoms with E-state index in [-0.39, 0.29) is 6.10 Å². The fourth-order valence-corrected chi connectivity index (χ4v) is 2.21. The van der Waals surface area contributed by atoms with E-state index in [1.165, 1.54) is 19.3 Å². The van der Waals surface area contributed by atoms with E-state index in [2.05, 4.69) is 5.32 Å². The number of hydrogen-bond donors (Lipinski definition) is 2. The van der Waals surface area contributed by atoms with Crippen molar-refractivity contribution in [2.45, 2.75) is 37.8 Å². The lowest BCUT2D eigenvalue weighted by Gasteiger charge is -2.25. The van der Waals surface area contributed by atoms with Crippen molar-refractivity contribution in [2.24, 2.45) is 0 Å². The molecular formula is C13H19NO. The molecule has 2 heteroatoms. The molecule has 0 bridgehead atoms. The summed E-state index contributed by atoms with van der Waals surface area (Å²) in [7, 11) is 0. The molecule has 2 atom stereocenters. The van der Waals surface area contributed by atoms with Crippen LogP contribution in [0.4, 0.5) is 0 Å². The predicted octanol–water partition coefficient (Wildman–Crippen LogP) is 2.25. The maximum Gasteiger partial charge on any atom is 0.0804 e. The van der Waals surface area contributed by atoms with Crippen LogP contribution >= 0.6 is 0 Å². The van der Waals surface area contributed by atoms with Gasteiger partial charge in [-0.3, -0.25) is 0 Å². The van der Waals surface area contributed by atoms with Gasteiger partial charge in [-0.15, -0.1) is 0 Å². The molecule has 2 nitrogen and oxygen atoms in total. The van der Waals surface area contributed by atoms with E-state index in [1.54, 1.807) is 0 Å². The Bertz CT molecular complexity index is 280. The van der Waals surface area contributed by atoms with Crippen LogP contribution in [0.5, 0.6) is 0 Å².